The molecule has 2 rings (SSSR count). The molecule has 0 radical (unpaired) electrons. The number of imide groups is 1. The Morgan fingerprint density at radius 2 is 1.94 bits per heavy atom. The highest BCUT2D eigenvalue weighted by molar-refractivity contribution is 6.17. The number of amides is 2. The predicted molar refractivity (Wildman–Crippen MR) is 56.3 cm³/mol. The summed E-state index contributed by atoms with van der Waals surface area (Å²) in [5.74, 6) is -0.112. The highest BCUT2D eigenvalue weighted by Gasteiger charge is 2.28. The van der Waals surface area contributed by atoms with Gasteiger partial charge in [-0.2, -0.15) is 0 Å². The number of anilines is 1. The van der Waals surface area contributed by atoms with Crippen LogP contribution in [0.1, 0.15) is 0 Å². The number of rotatable bonds is 2. The summed E-state index contributed by atoms with van der Waals surface area (Å²) in [6.45, 7) is -0.133. The lowest BCUT2D eigenvalue weighted by atomic mass is 10.2. The third-order valence-electron chi connectivity index (χ3n) is 2.26. The molecular weight excluding hydrogens is 210 g/mol. The van der Waals surface area contributed by atoms with E-state index in [2.05, 4.69) is 0 Å². The summed E-state index contributed by atoms with van der Waals surface area (Å²) in [7, 11) is 1.53. The zero-order valence-electron chi connectivity index (χ0n) is 8.80. The van der Waals surface area contributed by atoms with E-state index >= 15 is 0 Å². The van der Waals surface area contributed by atoms with Gasteiger partial charge in [0.25, 0.3) is 11.8 Å². The van der Waals surface area contributed by atoms with Crippen molar-refractivity contribution in [1.82, 2.24) is 0 Å². The number of morpholine rings is 1. The van der Waals surface area contributed by atoms with Gasteiger partial charge in [-0.05, 0) is 12.1 Å². The van der Waals surface area contributed by atoms with Crippen LogP contribution in [0.5, 0.6) is 5.75 Å². The van der Waals surface area contributed by atoms with Crippen LogP contribution in [0.3, 0.4) is 0 Å². The summed E-state index contributed by atoms with van der Waals surface area (Å²) in [5, 5.41) is 0. The molecule has 0 N–H and O–H groups in total. The van der Waals surface area contributed by atoms with Crippen molar-refractivity contribution in [3.8, 4) is 5.75 Å². The SMILES string of the molecule is COc1cccc(N2C(=O)COCC2=O)c1. The largest absolute Gasteiger partial charge is 0.497 e. The fourth-order valence-corrected chi connectivity index (χ4v) is 1.53. The first-order valence-electron chi connectivity index (χ1n) is 4.80. The second-order valence-electron chi connectivity index (χ2n) is 3.32. The zero-order chi connectivity index (χ0) is 11.5. The van der Waals surface area contributed by atoms with E-state index in [-0.39, 0.29) is 25.0 Å². The van der Waals surface area contributed by atoms with Crippen molar-refractivity contribution >= 4 is 17.5 Å². The molecule has 0 aliphatic carbocycles. The number of hydrogen-bond donors (Lipinski definition) is 0. The summed E-state index contributed by atoms with van der Waals surface area (Å²) in [5.41, 5.74) is 0.512. The van der Waals surface area contributed by atoms with Crippen LogP contribution >= 0.6 is 0 Å². The van der Waals surface area contributed by atoms with Gasteiger partial charge >= 0.3 is 0 Å². The fraction of sp³-hybridized carbons (Fsp3) is 0.273. The van der Waals surface area contributed by atoms with Gasteiger partial charge in [-0.3, -0.25) is 9.59 Å². The molecular formula is C11H11NO4. The minimum absolute atomic E-state index is 0.0665. The maximum Gasteiger partial charge on any atom is 0.259 e. The van der Waals surface area contributed by atoms with E-state index < -0.39 is 0 Å². The topological polar surface area (TPSA) is 55.8 Å². The number of nitrogens with zero attached hydrogens (tertiary/aromatic N) is 1. The van der Waals surface area contributed by atoms with Gasteiger partial charge in [-0.15, -0.1) is 0 Å². The molecule has 0 atom stereocenters. The number of hydrogen-bond acceptors (Lipinski definition) is 4. The molecule has 5 nitrogen and oxygen atoms in total. The van der Waals surface area contributed by atoms with Crippen LogP contribution in [-0.4, -0.2) is 32.1 Å². The second kappa shape index (κ2) is 4.32. The van der Waals surface area contributed by atoms with E-state index in [1.807, 2.05) is 0 Å². The molecule has 1 fully saturated rings. The molecule has 16 heavy (non-hydrogen) atoms. The smallest absolute Gasteiger partial charge is 0.259 e. The molecule has 2 amide bonds. The first kappa shape index (κ1) is 10.6. The van der Waals surface area contributed by atoms with Crippen LogP contribution in [0, 0.1) is 0 Å². The number of ether oxygens (including phenoxy) is 2. The van der Waals surface area contributed by atoms with Crippen molar-refractivity contribution < 1.29 is 19.1 Å². The Hall–Kier alpha value is -1.88. The Balaban J connectivity index is 2.33. The average Bonchev–Trinajstić information content (AvgIpc) is 2.29. The summed E-state index contributed by atoms with van der Waals surface area (Å²) < 4.78 is 9.87. The maximum absolute atomic E-state index is 11.5. The first-order chi connectivity index (χ1) is 7.72. The third-order valence-corrected chi connectivity index (χ3v) is 2.26. The van der Waals surface area contributed by atoms with Gasteiger partial charge < -0.3 is 9.47 Å². The molecule has 5 heteroatoms. The van der Waals surface area contributed by atoms with Gasteiger partial charge in [0.05, 0.1) is 12.8 Å². The van der Waals surface area contributed by atoms with Crippen LogP contribution < -0.4 is 9.64 Å². The lowest BCUT2D eigenvalue weighted by molar-refractivity contribution is -0.138. The van der Waals surface area contributed by atoms with Crippen LogP contribution in [-0.2, 0) is 14.3 Å². The second-order valence-corrected chi connectivity index (χ2v) is 3.32. The molecule has 0 unspecified atom stereocenters. The van der Waals surface area contributed by atoms with E-state index in [0.717, 1.165) is 4.90 Å². The Kier molecular flexibility index (Phi) is 2.87. The standard InChI is InChI=1S/C11H11NO4/c1-15-9-4-2-3-8(5-9)12-10(13)6-16-7-11(12)14/h2-5H,6-7H2,1H3. The number of carbonyl (C=O) groups is 2. The molecule has 1 aliphatic heterocycles. The van der Waals surface area contributed by atoms with E-state index in [4.69, 9.17) is 9.47 Å². The Morgan fingerprint density at radius 1 is 1.25 bits per heavy atom. The normalized spacial score (nSPS) is 16.4. The monoisotopic (exact) mass is 221 g/mol. The fourth-order valence-electron chi connectivity index (χ4n) is 1.53. The van der Waals surface area contributed by atoms with Crippen molar-refractivity contribution in [3.63, 3.8) is 0 Å². The van der Waals surface area contributed by atoms with Crippen molar-refractivity contribution in [3.05, 3.63) is 24.3 Å². The average molecular weight is 221 g/mol. The highest BCUT2D eigenvalue weighted by atomic mass is 16.5. The Morgan fingerprint density at radius 3 is 2.56 bits per heavy atom. The molecule has 0 saturated carbocycles. The van der Waals surface area contributed by atoms with E-state index in [1.165, 1.54) is 7.11 Å². The quantitative estimate of drug-likeness (QED) is 0.686. The predicted octanol–water partition coefficient (Wildman–Crippen LogP) is 0.585. The van der Waals surface area contributed by atoms with Gasteiger partial charge in [0, 0.05) is 6.07 Å². The molecule has 1 heterocycles. The van der Waals surface area contributed by atoms with Gasteiger partial charge in [0.1, 0.15) is 19.0 Å². The minimum atomic E-state index is -0.357. The molecule has 84 valence electrons. The van der Waals surface area contributed by atoms with Gasteiger partial charge in [-0.1, -0.05) is 6.07 Å². The van der Waals surface area contributed by atoms with Gasteiger partial charge in [-0.25, -0.2) is 4.90 Å². The molecule has 1 aliphatic rings. The summed E-state index contributed by atoms with van der Waals surface area (Å²) in [4.78, 5) is 24.2. The van der Waals surface area contributed by atoms with E-state index in [0.29, 0.717) is 11.4 Å². The van der Waals surface area contributed by atoms with Gasteiger partial charge in [0.15, 0.2) is 0 Å². The zero-order valence-corrected chi connectivity index (χ0v) is 8.80. The minimum Gasteiger partial charge on any atom is -0.497 e. The Labute approximate surface area is 92.6 Å². The van der Waals surface area contributed by atoms with Crippen molar-refractivity contribution in [2.45, 2.75) is 0 Å². The van der Waals surface area contributed by atoms with Crippen LogP contribution in [0.4, 0.5) is 5.69 Å². The van der Waals surface area contributed by atoms with Crippen LogP contribution in [0.2, 0.25) is 0 Å². The van der Waals surface area contributed by atoms with Crippen molar-refractivity contribution in [2.24, 2.45) is 0 Å². The number of methoxy groups -OCH3 is 1. The summed E-state index contributed by atoms with van der Waals surface area (Å²) in [6, 6.07) is 6.80. The summed E-state index contributed by atoms with van der Waals surface area (Å²) in [6.07, 6.45) is 0. The molecule has 0 bridgehead atoms. The maximum atomic E-state index is 11.5. The molecule has 1 saturated heterocycles. The number of benzene rings is 1. The summed E-state index contributed by atoms with van der Waals surface area (Å²) >= 11 is 0. The lowest BCUT2D eigenvalue weighted by Crippen LogP contribution is -2.46. The van der Waals surface area contributed by atoms with Crippen molar-refractivity contribution in [1.29, 1.82) is 0 Å². The Bertz CT molecular complexity index is 414. The lowest BCUT2D eigenvalue weighted by Gasteiger charge is -2.25. The highest BCUT2D eigenvalue weighted by Crippen LogP contribution is 2.22. The molecule has 0 spiro atoms. The van der Waals surface area contributed by atoms with Crippen LogP contribution in [0.15, 0.2) is 24.3 Å². The van der Waals surface area contributed by atoms with E-state index in [1.54, 1.807) is 24.3 Å². The molecule has 1 aromatic carbocycles. The molecule has 0 aromatic heterocycles. The van der Waals surface area contributed by atoms with Gasteiger partial charge in [0.2, 0.25) is 0 Å². The van der Waals surface area contributed by atoms with Crippen molar-refractivity contribution in [2.75, 3.05) is 25.2 Å². The third kappa shape index (κ3) is 1.90. The van der Waals surface area contributed by atoms with E-state index in [9.17, 15) is 9.59 Å². The molecule has 1 aromatic rings. The first-order valence-corrected chi connectivity index (χ1v) is 4.80. The van der Waals surface area contributed by atoms with Crippen LogP contribution in [0.25, 0.3) is 0 Å². The number of carbonyl (C=O) groups excluding carboxylic acids is 2.